The van der Waals surface area contributed by atoms with Crippen molar-refractivity contribution in [1.29, 1.82) is 0 Å². The number of ether oxygens (including phenoxy) is 1. The van der Waals surface area contributed by atoms with E-state index in [1.54, 1.807) is 0 Å². The molecule has 0 bridgehead atoms. The Morgan fingerprint density at radius 2 is 1.78 bits per heavy atom. The van der Waals surface area contributed by atoms with Crippen molar-refractivity contribution in [3.8, 4) is 5.75 Å². The summed E-state index contributed by atoms with van der Waals surface area (Å²) < 4.78 is 5.63. The molecule has 2 aromatic carbocycles. The van der Waals surface area contributed by atoms with Crippen LogP contribution >= 0.6 is 0 Å². The van der Waals surface area contributed by atoms with Gasteiger partial charge in [-0.3, -0.25) is 4.79 Å². The van der Waals surface area contributed by atoms with Gasteiger partial charge in [-0.25, -0.2) is 0 Å². The molecular formula is C20H25NO2. The summed E-state index contributed by atoms with van der Waals surface area (Å²) in [4.78, 5) is 12.1. The molecular weight excluding hydrogens is 286 g/mol. The van der Waals surface area contributed by atoms with Gasteiger partial charge in [0.25, 0.3) is 5.91 Å². The Morgan fingerprint density at radius 1 is 1.09 bits per heavy atom. The molecule has 0 aromatic heterocycles. The van der Waals surface area contributed by atoms with Crippen molar-refractivity contribution in [2.24, 2.45) is 0 Å². The molecule has 2 aromatic rings. The van der Waals surface area contributed by atoms with Crippen LogP contribution in [0.2, 0.25) is 0 Å². The summed E-state index contributed by atoms with van der Waals surface area (Å²) in [7, 11) is 0. The van der Waals surface area contributed by atoms with Gasteiger partial charge < -0.3 is 10.1 Å². The van der Waals surface area contributed by atoms with Crippen molar-refractivity contribution in [1.82, 2.24) is 5.32 Å². The molecule has 0 aliphatic carbocycles. The molecule has 0 aliphatic heterocycles. The van der Waals surface area contributed by atoms with E-state index in [2.05, 4.69) is 17.4 Å². The van der Waals surface area contributed by atoms with Crippen molar-refractivity contribution in [3.05, 3.63) is 65.2 Å². The summed E-state index contributed by atoms with van der Waals surface area (Å²) in [6.45, 7) is 6.67. The molecule has 3 nitrogen and oxygen atoms in total. The van der Waals surface area contributed by atoms with E-state index in [4.69, 9.17) is 4.74 Å². The van der Waals surface area contributed by atoms with E-state index >= 15 is 0 Å². The van der Waals surface area contributed by atoms with Crippen LogP contribution in [-0.2, 0) is 6.42 Å². The molecule has 0 saturated heterocycles. The third-order valence-electron chi connectivity index (χ3n) is 3.61. The van der Waals surface area contributed by atoms with Gasteiger partial charge in [-0.2, -0.15) is 0 Å². The number of aryl methyl sites for hydroxylation is 2. The molecule has 122 valence electrons. The average Bonchev–Trinajstić information content (AvgIpc) is 2.53. The maximum absolute atomic E-state index is 12.1. The van der Waals surface area contributed by atoms with E-state index in [9.17, 15) is 4.79 Å². The molecule has 1 amide bonds. The highest BCUT2D eigenvalue weighted by atomic mass is 16.5. The number of hydrogen-bond donors (Lipinski definition) is 1. The van der Waals surface area contributed by atoms with E-state index in [0.29, 0.717) is 6.54 Å². The lowest BCUT2D eigenvalue weighted by molar-refractivity contribution is 0.0952. The second kappa shape index (κ2) is 8.37. The third kappa shape index (κ3) is 5.44. The summed E-state index contributed by atoms with van der Waals surface area (Å²) >= 11 is 0. The van der Waals surface area contributed by atoms with Crippen LogP contribution in [0.15, 0.2) is 48.5 Å². The lowest BCUT2D eigenvalue weighted by Crippen LogP contribution is -2.25. The molecule has 2 rings (SSSR count). The number of carbonyl (C=O) groups excluding carboxylic acids is 1. The van der Waals surface area contributed by atoms with Crippen LogP contribution in [0.1, 0.15) is 41.8 Å². The van der Waals surface area contributed by atoms with E-state index in [-0.39, 0.29) is 12.0 Å². The van der Waals surface area contributed by atoms with Crippen molar-refractivity contribution >= 4 is 5.91 Å². The molecule has 0 radical (unpaired) electrons. The van der Waals surface area contributed by atoms with Gasteiger partial charge in [-0.1, -0.05) is 30.3 Å². The quantitative estimate of drug-likeness (QED) is 0.780. The zero-order valence-corrected chi connectivity index (χ0v) is 14.1. The molecule has 0 spiro atoms. The van der Waals surface area contributed by atoms with E-state index in [0.717, 1.165) is 29.7 Å². The van der Waals surface area contributed by atoms with Crippen molar-refractivity contribution in [2.75, 3.05) is 6.54 Å². The summed E-state index contributed by atoms with van der Waals surface area (Å²) in [6.07, 6.45) is 2.05. The normalized spacial score (nSPS) is 10.6. The highest BCUT2D eigenvalue weighted by molar-refractivity contribution is 5.95. The molecule has 1 N–H and O–H groups in total. The number of carbonyl (C=O) groups is 1. The molecule has 0 unspecified atom stereocenters. The molecule has 3 heteroatoms. The minimum absolute atomic E-state index is 0.00350. The molecule has 0 atom stereocenters. The monoisotopic (exact) mass is 311 g/mol. The van der Waals surface area contributed by atoms with Crippen molar-refractivity contribution in [3.63, 3.8) is 0 Å². The summed E-state index contributed by atoms with van der Waals surface area (Å²) in [5.74, 6) is 0.903. The Hall–Kier alpha value is -2.29. The van der Waals surface area contributed by atoms with Crippen LogP contribution in [0.25, 0.3) is 0 Å². The minimum Gasteiger partial charge on any atom is -0.491 e. The van der Waals surface area contributed by atoms with Crippen LogP contribution in [0.4, 0.5) is 0 Å². The second-order valence-corrected chi connectivity index (χ2v) is 5.98. The van der Waals surface area contributed by atoms with Gasteiger partial charge in [0.15, 0.2) is 0 Å². The molecule has 0 saturated carbocycles. The molecule has 0 fully saturated rings. The van der Waals surface area contributed by atoms with E-state index in [1.807, 2.05) is 57.2 Å². The van der Waals surface area contributed by atoms with Crippen LogP contribution < -0.4 is 10.1 Å². The Labute approximate surface area is 138 Å². The number of rotatable bonds is 7. The second-order valence-electron chi connectivity index (χ2n) is 5.98. The smallest absolute Gasteiger partial charge is 0.251 e. The number of nitrogens with one attached hydrogen (secondary N) is 1. The van der Waals surface area contributed by atoms with Gasteiger partial charge >= 0.3 is 0 Å². The highest BCUT2D eigenvalue weighted by Gasteiger charge is 2.06. The van der Waals surface area contributed by atoms with Crippen molar-refractivity contribution < 1.29 is 9.53 Å². The highest BCUT2D eigenvalue weighted by Crippen LogP contribution is 2.14. The largest absolute Gasteiger partial charge is 0.491 e. The maximum atomic E-state index is 12.1. The fourth-order valence-electron chi connectivity index (χ4n) is 2.42. The van der Waals surface area contributed by atoms with Gasteiger partial charge in [-0.15, -0.1) is 0 Å². The maximum Gasteiger partial charge on any atom is 0.251 e. The average molecular weight is 311 g/mol. The fourth-order valence-corrected chi connectivity index (χ4v) is 2.42. The Bertz CT molecular complexity index is 632. The first-order chi connectivity index (χ1) is 11.1. The minimum atomic E-state index is 0.00350. The van der Waals surface area contributed by atoms with E-state index < -0.39 is 0 Å². The fraction of sp³-hybridized carbons (Fsp3) is 0.350. The van der Waals surface area contributed by atoms with Crippen LogP contribution in [0.5, 0.6) is 5.75 Å². The number of hydrogen-bond acceptors (Lipinski definition) is 2. The van der Waals surface area contributed by atoms with Crippen LogP contribution in [-0.4, -0.2) is 18.6 Å². The van der Waals surface area contributed by atoms with Gasteiger partial charge in [0.05, 0.1) is 6.10 Å². The predicted molar refractivity (Wildman–Crippen MR) is 94.0 cm³/mol. The molecule has 0 aliphatic rings. The Kier molecular flexibility index (Phi) is 6.21. The summed E-state index contributed by atoms with van der Waals surface area (Å²) in [5.41, 5.74) is 3.01. The Morgan fingerprint density at radius 3 is 2.43 bits per heavy atom. The van der Waals surface area contributed by atoms with Gasteiger partial charge in [0.2, 0.25) is 0 Å². The van der Waals surface area contributed by atoms with Crippen molar-refractivity contribution in [2.45, 2.75) is 39.7 Å². The number of amides is 1. The zero-order valence-electron chi connectivity index (χ0n) is 14.1. The topological polar surface area (TPSA) is 38.3 Å². The number of benzene rings is 2. The van der Waals surface area contributed by atoms with Crippen LogP contribution in [0.3, 0.4) is 0 Å². The Balaban J connectivity index is 1.75. The molecule has 23 heavy (non-hydrogen) atoms. The summed E-state index contributed by atoms with van der Waals surface area (Å²) in [5, 5.41) is 2.98. The predicted octanol–water partition coefficient (Wildman–Crippen LogP) is 4.14. The first kappa shape index (κ1) is 17.1. The first-order valence-electron chi connectivity index (χ1n) is 8.15. The lowest BCUT2D eigenvalue weighted by atomic mass is 10.1. The first-order valence-corrected chi connectivity index (χ1v) is 8.15. The van der Waals surface area contributed by atoms with Gasteiger partial charge in [-0.05, 0) is 62.9 Å². The molecule has 0 heterocycles. The third-order valence-corrected chi connectivity index (χ3v) is 3.61. The van der Waals surface area contributed by atoms with Gasteiger partial charge in [0.1, 0.15) is 5.75 Å². The van der Waals surface area contributed by atoms with E-state index in [1.165, 1.54) is 5.56 Å². The van der Waals surface area contributed by atoms with Crippen LogP contribution in [0, 0.1) is 6.92 Å². The zero-order chi connectivity index (χ0) is 16.7. The van der Waals surface area contributed by atoms with Gasteiger partial charge in [0, 0.05) is 12.1 Å². The summed E-state index contributed by atoms with van der Waals surface area (Å²) in [6, 6.07) is 15.8. The standard InChI is InChI=1S/C20H25NO2/c1-15(2)23-18-12-10-17(11-13-18)8-6-14-21-20(22)19-9-5-4-7-16(19)3/h4-5,7,9-13,15H,6,8,14H2,1-3H3,(H,21,22). The SMILES string of the molecule is Cc1ccccc1C(=O)NCCCc1ccc(OC(C)C)cc1. The lowest BCUT2D eigenvalue weighted by Gasteiger charge is -2.10.